The number of rotatable bonds is 4. The zero-order chi connectivity index (χ0) is 13.2. The molecule has 0 radical (unpaired) electrons. The highest BCUT2D eigenvalue weighted by Crippen LogP contribution is 2.22. The first-order valence-corrected chi connectivity index (χ1v) is 8.41. The molecule has 6 heteroatoms. The first-order valence-electron chi connectivity index (χ1n) is 6.59. The van der Waals surface area contributed by atoms with E-state index < -0.39 is 9.84 Å². The van der Waals surface area contributed by atoms with Gasteiger partial charge < -0.3 is 9.64 Å². The lowest BCUT2D eigenvalue weighted by atomic mass is 10.0. The van der Waals surface area contributed by atoms with Gasteiger partial charge in [0.25, 0.3) is 0 Å². The smallest absolute Gasteiger partial charge is 0.226 e. The summed E-state index contributed by atoms with van der Waals surface area (Å²) >= 11 is 0. The predicted molar refractivity (Wildman–Crippen MR) is 67.9 cm³/mol. The van der Waals surface area contributed by atoms with Crippen molar-refractivity contribution in [2.75, 3.05) is 37.8 Å². The fourth-order valence-corrected chi connectivity index (χ4v) is 4.39. The molecular formula is C12H21NO4S. The summed E-state index contributed by atoms with van der Waals surface area (Å²) < 4.78 is 28.1. The Morgan fingerprint density at radius 3 is 2.67 bits per heavy atom. The number of amides is 1. The maximum Gasteiger partial charge on any atom is 0.226 e. The van der Waals surface area contributed by atoms with Gasteiger partial charge in [0.05, 0.1) is 24.0 Å². The predicted octanol–water partition coefficient (Wildman–Crippen LogP) is 0.306. The molecule has 2 fully saturated rings. The molecule has 2 heterocycles. The topological polar surface area (TPSA) is 63.7 Å². The minimum Gasteiger partial charge on any atom is -0.381 e. The third-order valence-electron chi connectivity index (χ3n) is 3.78. The van der Waals surface area contributed by atoms with Crippen LogP contribution < -0.4 is 0 Å². The highest BCUT2D eigenvalue weighted by Gasteiger charge is 2.35. The Kier molecular flexibility index (Phi) is 4.27. The Labute approximate surface area is 108 Å². The molecule has 2 saturated heterocycles. The first-order chi connectivity index (χ1) is 8.52. The fourth-order valence-electron chi connectivity index (χ4n) is 2.66. The van der Waals surface area contributed by atoms with Crippen molar-refractivity contribution in [2.24, 2.45) is 11.8 Å². The Morgan fingerprint density at radius 1 is 1.39 bits per heavy atom. The van der Waals surface area contributed by atoms with E-state index in [1.807, 2.05) is 6.92 Å². The van der Waals surface area contributed by atoms with Crippen LogP contribution in [0.4, 0.5) is 0 Å². The van der Waals surface area contributed by atoms with Gasteiger partial charge in [-0.15, -0.1) is 0 Å². The maximum absolute atomic E-state index is 12.3. The third kappa shape index (κ3) is 3.23. The van der Waals surface area contributed by atoms with E-state index in [4.69, 9.17) is 4.74 Å². The van der Waals surface area contributed by atoms with Crippen LogP contribution in [-0.2, 0) is 19.4 Å². The monoisotopic (exact) mass is 275 g/mol. The van der Waals surface area contributed by atoms with Crippen molar-refractivity contribution >= 4 is 15.7 Å². The number of carbonyl (C=O) groups excluding carboxylic acids is 1. The molecule has 2 rings (SSSR count). The van der Waals surface area contributed by atoms with Gasteiger partial charge in [0.1, 0.15) is 0 Å². The van der Waals surface area contributed by atoms with Crippen molar-refractivity contribution in [2.45, 2.75) is 19.8 Å². The van der Waals surface area contributed by atoms with Crippen LogP contribution in [-0.4, -0.2) is 57.0 Å². The highest BCUT2D eigenvalue weighted by atomic mass is 32.2. The summed E-state index contributed by atoms with van der Waals surface area (Å²) in [5, 5.41) is 0. The molecule has 0 unspecified atom stereocenters. The van der Waals surface area contributed by atoms with E-state index in [1.54, 1.807) is 4.90 Å². The Balaban J connectivity index is 1.93. The van der Waals surface area contributed by atoms with Crippen molar-refractivity contribution in [1.82, 2.24) is 4.90 Å². The molecule has 0 N–H and O–H groups in total. The van der Waals surface area contributed by atoms with Gasteiger partial charge in [-0.3, -0.25) is 4.79 Å². The van der Waals surface area contributed by atoms with Gasteiger partial charge >= 0.3 is 0 Å². The molecule has 2 aliphatic rings. The average Bonchev–Trinajstić information content (AvgIpc) is 2.94. The molecule has 2 aliphatic heterocycles. The van der Waals surface area contributed by atoms with Crippen molar-refractivity contribution in [3.63, 3.8) is 0 Å². The van der Waals surface area contributed by atoms with E-state index >= 15 is 0 Å². The Bertz CT molecular complexity index is 400. The summed E-state index contributed by atoms with van der Waals surface area (Å²) in [5.74, 6) is 0.284. The van der Waals surface area contributed by atoms with Gasteiger partial charge in [0.2, 0.25) is 5.91 Å². The molecule has 0 saturated carbocycles. The van der Waals surface area contributed by atoms with Crippen LogP contribution in [0.5, 0.6) is 0 Å². The summed E-state index contributed by atoms with van der Waals surface area (Å²) in [4.78, 5) is 14.1. The number of sulfone groups is 1. The Morgan fingerprint density at radius 2 is 2.17 bits per heavy atom. The normalized spacial score (nSPS) is 30.5. The quantitative estimate of drug-likeness (QED) is 0.740. The number of carbonyl (C=O) groups is 1. The lowest BCUT2D eigenvalue weighted by molar-refractivity contribution is -0.135. The van der Waals surface area contributed by atoms with Crippen LogP contribution in [0, 0.1) is 11.8 Å². The molecular weight excluding hydrogens is 254 g/mol. The second kappa shape index (κ2) is 5.57. The van der Waals surface area contributed by atoms with Crippen molar-refractivity contribution in [3.05, 3.63) is 0 Å². The molecule has 0 aliphatic carbocycles. The second-order valence-electron chi connectivity index (χ2n) is 5.21. The SMILES string of the molecule is CCN(C[C@H]1CCOC1)C(=O)[C@@H]1CCS(=O)(=O)C1. The van der Waals surface area contributed by atoms with Crippen LogP contribution >= 0.6 is 0 Å². The lowest BCUT2D eigenvalue weighted by Gasteiger charge is -2.26. The van der Waals surface area contributed by atoms with Gasteiger partial charge in [0.15, 0.2) is 9.84 Å². The first kappa shape index (κ1) is 13.8. The average molecular weight is 275 g/mol. The molecule has 104 valence electrons. The molecule has 1 amide bonds. The second-order valence-corrected chi connectivity index (χ2v) is 7.44. The van der Waals surface area contributed by atoms with Crippen LogP contribution in [0.3, 0.4) is 0 Å². The van der Waals surface area contributed by atoms with Crippen LogP contribution in [0.25, 0.3) is 0 Å². The van der Waals surface area contributed by atoms with Crippen molar-refractivity contribution in [3.8, 4) is 0 Å². The molecule has 0 aromatic heterocycles. The number of hydrogen-bond donors (Lipinski definition) is 0. The van der Waals surface area contributed by atoms with Crippen molar-refractivity contribution < 1.29 is 17.9 Å². The maximum atomic E-state index is 12.3. The summed E-state index contributed by atoms with van der Waals surface area (Å²) in [5.41, 5.74) is 0. The zero-order valence-corrected chi connectivity index (χ0v) is 11.6. The van der Waals surface area contributed by atoms with E-state index in [9.17, 15) is 13.2 Å². The molecule has 0 spiro atoms. The third-order valence-corrected chi connectivity index (χ3v) is 5.55. The molecule has 2 atom stereocenters. The highest BCUT2D eigenvalue weighted by molar-refractivity contribution is 7.91. The largest absolute Gasteiger partial charge is 0.381 e. The van der Waals surface area contributed by atoms with E-state index in [0.717, 1.165) is 13.0 Å². The molecule has 5 nitrogen and oxygen atoms in total. The molecule has 0 aromatic rings. The van der Waals surface area contributed by atoms with Crippen LogP contribution in [0.15, 0.2) is 0 Å². The van der Waals surface area contributed by atoms with Gasteiger partial charge in [-0.05, 0) is 19.8 Å². The van der Waals surface area contributed by atoms with Gasteiger partial charge in [-0.2, -0.15) is 0 Å². The van der Waals surface area contributed by atoms with Crippen LogP contribution in [0.1, 0.15) is 19.8 Å². The summed E-state index contributed by atoms with van der Waals surface area (Å²) in [6.45, 7) is 4.77. The summed E-state index contributed by atoms with van der Waals surface area (Å²) in [7, 11) is -2.98. The summed E-state index contributed by atoms with van der Waals surface area (Å²) in [6.07, 6.45) is 1.48. The minimum atomic E-state index is -2.98. The van der Waals surface area contributed by atoms with Gasteiger partial charge in [-0.1, -0.05) is 0 Å². The van der Waals surface area contributed by atoms with Gasteiger partial charge in [-0.25, -0.2) is 8.42 Å². The van der Waals surface area contributed by atoms with E-state index in [0.29, 0.717) is 32.0 Å². The molecule has 0 bridgehead atoms. The van der Waals surface area contributed by atoms with E-state index in [1.165, 1.54) is 0 Å². The fraction of sp³-hybridized carbons (Fsp3) is 0.917. The standard InChI is InChI=1S/C12H21NO4S/c1-2-13(7-10-3-5-17-8-10)12(14)11-4-6-18(15,16)9-11/h10-11H,2-9H2,1H3/t10-,11-/m1/s1. The van der Waals surface area contributed by atoms with Crippen molar-refractivity contribution in [1.29, 1.82) is 0 Å². The number of ether oxygens (including phenoxy) is 1. The van der Waals surface area contributed by atoms with E-state index in [2.05, 4.69) is 0 Å². The van der Waals surface area contributed by atoms with E-state index in [-0.39, 0.29) is 23.3 Å². The molecule has 0 aromatic carbocycles. The van der Waals surface area contributed by atoms with Crippen LogP contribution in [0.2, 0.25) is 0 Å². The number of hydrogen-bond acceptors (Lipinski definition) is 4. The van der Waals surface area contributed by atoms with Gasteiger partial charge in [0, 0.05) is 25.6 Å². The summed E-state index contributed by atoms with van der Waals surface area (Å²) in [6, 6.07) is 0. The Hall–Kier alpha value is -0.620. The lowest BCUT2D eigenvalue weighted by Crippen LogP contribution is -2.39. The number of nitrogens with zero attached hydrogens (tertiary/aromatic N) is 1. The minimum absolute atomic E-state index is 0.00507. The molecule has 18 heavy (non-hydrogen) atoms. The zero-order valence-electron chi connectivity index (χ0n) is 10.8.